The second-order valence-electron chi connectivity index (χ2n) is 6.74. The van der Waals surface area contributed by atoms with Crippen LogP contribution in [0, 0.1) is 0 Å². The van der Waals surface area contributed by atoms with Crippen molar-refractivity contribution >= 4 is 20.7 Å². The molecule has 2 aliphatic rings. The molecule has 1 fully saturated rings. The summed E-state index contributed by atoms with van der Waals surface area (Å²) in [5.41, 5.74) is 3.57. The Labute approximate surface area is 140 Å². The second kappa shape index (κ2) is 4.94. The first-order valence-corrected chi connectivity index (χ1v) is 9.82. The summed E-state index contributed by atoms with van der Waals surface area (Å²) in [5, 5.41) is 4.69. The molecule has 3 heterocycles. The van der Waals surface area contributed by atoms with Crippen molar-refractivity contribution in [1.82, 2.24) is 10.3 Å². The lowest BCUT2D eigenvalue weighted by Gasteiger charge is -2.21. The number of fused-ring (bicyclic) bond motifs is 6. The fourth-order valence-electron chi connectivity index (χ4n) is 4.16. The maximum atomic E-state index is 12.9. The Morgan fingerprint density at radius 2 is 1.79 bits per heavy atom. The third-order valence-electron chi connectivity index (χ3n) is 5.30. The minimum absolute atomic E-state index is 0.341. The van der Waals surface area contributed by atoms with Gasteiger partial charge >= 0.3 is 0 Å². The van der Waals surface area contributed by atoms with Gasteiger partial charge in [0.25, 0.3) is 0 Å². The van der Waals surface area contributed by atoms with E-state index in [0.29, 0.717) is 21.9 Å². The standard InChI is InChI=1S/C19H18N2O2S/c22-24(23,13-4-2-1-3-5-13)14-7-9-16-15(11-14)19-17-8-6-12(20-17)10-18(19)21-16/h1-5,7,9,11-12,17,20-21H,6,8,10H2. The van der Waals surface area contributed by atoms with Gasteiger partial charge in [-0.3, -0.25) is 0 Å². The van der Waals surface area contributed by atoms with E-state index in [1.807, 2.05) is 18.2 Å². The van der Waals surface area contributed by atoms with Crippen molar-refractivity contribution in [2.45, 2.75) is 41.1 Å². The topological polar surface area (TPSA) is 62.0 Å². The summed E-state index contributed by atoms with van der Waals surface area (Å²) >= 11 is 0. The number of H-pyrrole nitrogens is 1. The molecule has 1 aromatic heterocycles. The highest BCUT2D eigenvalue weighted by atomic mass is 32.2. The summed E-state index contributed by atoms with van der Waals surface area (Å²) in [6, 6.07) is 15.0. The molecule has 0 saturated carbocycles. The average molecular weight is 338 g/mol. The fourth-order valence-corrected chi connectivity index (χ4v) is 5.47. The molecule has 5 heteroatoms. The molecule has 2 aliphatic heterocycles. The molecule has 4 nitrogen and oxygen atoms in total. The maximum Gasteiger partial charge on any atom is 0.206 e. The smallest absolute Gasteiger partial charge is 0.206 e. The fraction of sp³-hybridized carbons (Fsp3) is 0.263. The van der Waals surface area contributed by atoms with Crippen LogP contribution in [0.5, 0.6) is 0 Å². The molecule has 2 bridgehead atoms. The lowest BCUT2D eigenvalue weighted by molar-refractivity contribution is 0.513. The van der Waals surface area contributed by atoms with Crippen LogP contribution < -0.4 is 5.32 Å². The predicted molar refractivity (Wildman–Crippen MR) is 92.8 cm³/mol. The molecule has 122 valence electrons. The molecule has 1 saturated heterocycles. The molecule has 2 N–H and O–H groups in total. The second-order valence-corrected chi connectivity index (χ2v) is 8.69. The number of aromatic nitrogens is 1. The summed E-state index contributed by atoms with van der Waals surface area (Å²) in [6.07, 6.45) is 3.32. The Kier molecular flexibility index (Phi) is 2.94. The molecular formula is C19H18N2O2S. The SMILES string of the molecule is O=S(=O)(c1ccccc1)c1ccc2[nH]c3c(c2c1)C1CCC(C3)N1. The van der Waals surface area contributed by atoms with Crippen molar-refractivity contribution in [2.75, 3.05) is 0 Å². The van der Waals surface area contributed by atoms with Crippen LogP contribution in [0.2, 0.25) is 0 Å². The van der Waals surface area contributed by atoms with Crippen molar-refractivity contribution in [3.63, 3.8) is 0 Å². The Morgan fingerprint density at radius 1 is 0.958 bits per heavy atom. The van der Waals surface area contributed by atoms with Gasteiger partial charge in [0.1, 0.15) is 0 Å². The zero-order valence-corrected chi connectivity index (χ0v) is 13.9. The van der Waals surface area contributed by atoms with Gasteiger partial charge < -0.3 is 10.3 Å². The number of sulfone groups is 1. The molecule has 3 aromatic rings. The summed E-state index contributed by atoms with van der Waals surface area (Å²) in [6.45, 7) is 0. The summed E-state index contributed by atoms with van der Waals surface area (Å²) in [5.74, 6) is 0. The van der Waals surface area contributed by atoms with Crippen LogP contribution in [0.25, 0.3) is 10.9 Å². The Hall–Kier alpha value is -2.11. The monoisotopic (exact) mass is 338 g/mol. The number of aromatic amines is 1. The van der Waals surface area contributed by atoms with Crippen LogP contribution in [-0.4, -0.2) is 19.4 Å². The van der Waals surface area contributed by atoms with Crippen molar-refractivity contribution in [3.05, 3.63) is 59.8 Å². The van der Waals surface area contributed by atoms with Crippen LogP contribution in [0.15, 0.2) is 58.3 Å². The molecule has 0 spiro atoms. The van der Waals surface area contributed by atoms with Gasteiger partial charge in [0.15, 0.2) is 0 Å². The van der Waals surface area contributed by atoms with Crippen LogP contribution in [0.4, 0.5) is 0 Å². The van der Waals surface area contributed by atoms with Crippen LogP contribution in [-0.2, 0) is 16.3 Å². The molecule has 2 atom stereocenters. The van der Waals surface area contributed by atoms with Gasteiger partial charge in [0.05, 0.1) is 9.79 Å². The zero-order chi connectivity index (χ0) is 16.3. The first-order valence-electron chi connectivity index (χ1n) is 8.33. The van der Waals surface area contributed by atoms with Crippen molar-refractivity contribution in [3.8, 4) is 0 Å². The molecule has 24 heavy (non-hydrogen) atoms. The van der Waals surface area contributed by atoms with Gasteiger partial charge in [-0.15, -0.1) is 0 Å². The highest BCUT2D eigenvalue weighted by Crippen LogP contribution is 2.40. The maximum absolute atomic E-state index is 12.9. The van der Waals surface area contributed by atoms with E-state index in [1.165, 1.54) is 17.7 Å². The number of benzene rings is 2. The van der Waals surface area contributed by atoms with E-state index in [4.69, 9.17) is 0 Å². The first kappa shape index (κ1) is 14.3. The lowest BCUT2D eigenvalue weighted by Crippen LogP contribution is -2.31. The van der Waals surface area contributed by atoms with Gasteiger partial charge in [0.2, 0.25) is 9.84 Å². The van der Waals surface area contributed by atoms with Gasteiger partial charge in [-0.1, -0.05) is 18.2 Å². The van der Waals surface area contributed by atoms with Crippen LogP contribution in [0.3, 0.4) is 0 Å². The molecule has 2 unspecified atom stereocenters. The highest BCUT2D eigenvalue weighted by Gasteiger charge is 2.35. The zero-order valence-electron chi connectivity index (χ0n) is 13.1. The van der Waals surface area contributed by atoms with Crippen molar-refractivity contribution < 1.29 is 8.42 Å². The highest BCUT2D eigenvalue weighted by molar-refractivity contribution is 7.91. The van der Waals surface area contributed by atoms with E-state index in [0.717, 1.165) is 23.7 Å². The van der Waals surface area contributed by atoms with E-state index in [2.05, 4.69) is 10.3 Å². The van der Waals surface area contributed by atoms with Crippen molar-refractivity contribution in [2.24, 2.45) is 0 Å². The molecule has 0 aliphatic carbocycles. The van der Waals surface area contributed by atoms with Crippen LogP contribution >= 0.6 is 0 Å². The Morgan fingerprint density at radius 3 is 2.62 bits per heavy atom. The Balaban J connectivity index is 1.69. The summed E-state index contributed by atoms with van der Waals surface area (Å²) < 4.78 is 25.8. The first-order chi connectivity index (χ1) is 11.6. The van der Waals surface area contributed by atoms with Gasteiger partial charge in [-0.2, -0.15) is 0 Å². The number of rotatable bonds is 2. The Bertz CT molecular complexity index is 1040. The molecule has 5 rings (SSSR count). The predicted octanol–water partition coefficient (Wildman–Crippen LogP) is 3.35. The van der Waals surface area contributed by atoms with E-state index in [9.17, 15) is 8.42 Å². The third-order valence-corrected chi connectivity index (χ3v) is 7.06. The number of hydrogen-bond acceptors (Lipinski definition) is 3. The van der Waals surface area contributed by atoms with E-state index >= 15 is 0 Å². The van der Waals surface area contributed by atoms with Crippen molar-refractivity contribution in [1.29, 1.82) is 0 Å². The minimum Gasteiger partial charge on any atom is -0.358 e. The van der Waals surface area contributed by atoms with Gasteiger partial charge in [0, 0.05) is 35.1 Å². The van der Waals surface area contributed by atoms with E-state index < -0.39 is 9.84 Å². The van der Waals surface area contributed by atoms with Gasteiger partial charge in [-0.05, 0) is 48.7 Å². The van der Waals surface area contributed by atoms with Gasteiger partial charge in [-0.25, -0.2) is 8.42 Å². The number of hydrogen-bond donors (Lipinski definition) is 2. The summed E-state index contributed by atoms with van der Waals surface area (Å²) in [7, 11) is -3.48. The van der Waals surface area contributed by atoms with Crippen LogP contribution in [0.1, 0.15) is 30.1 Å². The molecule has 2 aromatic carbocycles. The van der Waals surface area contributed by atoms with E-state index in [-0.39, 0.29) is 0 Å². The summed E-state index contributed by atoms with van der Waals surface area (Å²) in [4.78, 5) is 4.21. The van der Waals surface area contributed by atoms with E-state index in [1.54, 1.807) is 30.3 Å². The largest absolute Gasteiger partial charge is 0.358 e. The molecule has 0 radical (unpaired) electrons. The quantitative estimate of drug-likeness (QED) is 0.753. The average Bonchev–Trinajstić information content (AvgIpc) is 3.16. The molecular weight excluding hydrogens is 320 g/mol. The normalized spacial score (nSPS) is 22.7. The minimum atomic E-state index is -3.48. The third kappa shape index (κ3) is 1.98. The lowest BCUT2D eigenvalue weighted by atomic mass is 9.99. The molecule has 0 amide bonds. The number of nitrogens with one attached hydrogen (secondary N) is 2.